The highest BCUT2D eigenvalue weighted by Crippen LogP contribution is 2.16. The average molecular weight is 412 g/mol. The standard InChI is InChI=1S/C22H28N4O4/c1-22(2,3)30-21(28)24-14-16-4-6-17(7-5-16)20(27)25-18-8-9-19(23-15-18)26-10-12-29-13-11-26/h4-9,15H,10-14H2,1-3H3,(H,24,28)(H,25,27). The second-order valence-electron chi connectivity index (χ2n) is 8.01. The Morgan fingerprint density at radius 2 is 1.80 bits per heavy atom. The topological polar surface area (TPSA) is 92.8 Å². The second kappa shape index (κ2) is 9.58. The van der Waals surface area contributed by atoms with Gasteiger partial charge in [0.15, 0.2) is 0 Å². The van der Waals surface area contributed by atoms with E-state index in [1.165, 1.54) is 0 Å². The van der Waals surface area contributed by atoms with Crippen molar-refractivity contribution in [3.8, 4) is 0 Å². The van der Waals surface area contributed by atoms with Gasteiger partial charge in [0.2, 0.25) is 0 Å². The van der Waals surface area contributed by atoms with Gasteiger partial charge in [0.1, 0.15) is 11.4 Å². The number of ether oxygens (including phenoxy) is 2. The van der Waals surface area contributed by atoms with Crippen molar-refractivity contribution in [2.24, 2.45) is 0 Å². The number of carbonyl (C=O) groups is 2. The van der Waals surface area contributed by atoms with E-state index in [2.05, 4.69) is 20.5 Å². The van der Waals surface area contributed by atoms with E-state index < -0.39 is 11.7 Å². The molecule has 2 heterocycles. The summed E-state index contributed by atoms with van der Waals surface area (Å²) in [6.45, 7) is 8.78. The minimum absolute atomic E-state index is 0.220. The molecule has 30 heavy (non-hydrogen) atoms. The van der Waals surface area contributed by atoms with Gasteiger partial charge in [-0.25, -0.2) is 9.78 Å². The van der Waals surface area contributed by atoms with Gasteiger partial charge in [-0.1, -0.05) is 12.1 Å². The summed E-state index contributed by atoms with van der Waals surface area (Å²) in [4.78, 5) is 30.8. The molecule has 0 unspecified atom stereocenters. The van der Waals surface area contributed by atoms with Crippen LogP contribution in [0.15, 0.2) is 42.6 Å². The summed E-state index contributed by atoms with van der Waals surface area (Å²) in [5.41, 5.74) is 1.48. The van der Waals surface area contributed by atoms with Gasteiger partial charge in [-0.05, 0) is 50.6 Å². The fourth-order valence-electron chi connectivity index (χ4n) is 2.91. The first-order valence-electron chi connectivity index (χ1n) is 9.96. The van der Waals surface area contributed by atoms with Crippen LogP contribution in [0.3, 0.4) is 0 Å². The van der Waals surface area contributed by atoms with Crippen molar-refractivity contribution >= 4 is 23.5 Å². The lowest BCUT2D eigenvalue weighted by molar-refractivity contribution is 0.0523. The Kier molecular flexibility index (Phi) is 6.89. The Bertz CT molecular complexity index is 854. The minimum atomic E-state index is -0.540. The summed E-state index contributed by atoms with van der Waals surface area (Å²) < 4.78 is 10.6. The van der Waals surface area contributed by atoms with Gasteiger partial charge in [0.05, 0.1) is 25.1 Å². The highest BCUT2D eigenvalue weighted by molar-refractivity contribution is 6.04. The molecule has 1 aromatic heterocycles. The first kappa shape index (κ1) is 21.6. The largest absolute Gasteiger partial charge is 0.444 e. The minimum Gasteiger partial charge on any atom is -0.444 e. The number of anilines is 2. The number of amides is 2. The number of rotatable bonds is 5. The molecule has 1 saturated heterocycles. The summed E-state index contributed by atoms with van der Waals surface area (Å²) in [5.74, 6) is 0.653. The van der Waals surface area contributed by atoms with Crippen LogP contribution in [0.25, 0.3) is 0 Å². The molecule has 2 aromatic rings. The van der Waals surface area contributed by atoms with Crippen LogP contribution < -0.4 is 15.5 Å². The van der Waals surface area contributed by atoms with Crippen LogP contribution >= 0.6 is 0 Å². The normalized spacial score (nSPS) is 14.2. The molecular weight excluding hydrogens is 384 g/mol. The molecule has 0 radical (unpaired) electrons. The molecule has 1 aliphatic heterocycles. The summed E-state index contributed by atoms with van der Waals surface area (Å²) in [6, 6.07) is 10.8. The lowest BCUT2D eigenvalue weighted by Gasteiger charge is -2.27. The zero-order valence-corrected chi connectivity index (χ0v) is 17.6. The van der Waals surface area contributed by atoms with E-state index in [9.17, 15) is 9.59 Å². The van der Waals surface area contributed by atoms with Crippen molar-refractivity contribution in [3.05, 3.63) is 53.7 Å². The van der Waals surface area contributed by atoms with E-state index in [-0.39, 0.29) is 5.91 Å². The third kappa shape index (κ3) is 6.45. The Morgan fingerprint density at radius 3 is 2.40 bits per heavy atom. The molecule has 1 fully saturated rings. The molecule has 3 rings (SSSR count). The molecule has 0 bridgehead atoms. The Labute approximate surface area is 176 Å². The smallest absolute Gasteiger partial charge is 0.407 e. The molecular formula is C22H28N4O4. The summed E-state index contributed by atoms with van der Waals surface area (Å²) in [7, 11) is 0. The first-order valence-corrected chi connectivity index (χ1v) is 9.96. The molecule has 8 heteroatoms. The lowest BCUT2D eigenvalue weighted by Crippen LogP contribution is -2.36. The molecule has 1 aromatic carbocycles. The maximum absolute atomic E-state index is 12.5. The van der Waals surface area contributed by atoms with E-state index in [4.69, 9.17) is 9.47 Å². The predicted octanol–water partition coefficient (Wildman–Crippen LogP) is 3.20. The fourth-order valence-corrected chi connectivity index (χ4v) is 2.91. The van der Waals surface area contributed by atoms with E-state index in [1.807, 2.05) is 32.9 Å². The molecule has 160 valence electrons. The highest BCUT2D eigenvalue weighted by atomic mass is 16.6. The number of nitrogens with one attached hydrogen (secondary N) is 2. The summed E-state index contributed by atoms with van der Waals surface area (Å²) in [5, 5.41) is 5.54. The number of hydrogen-bond donors (Lipinski definition) is 2. The van der Waals surface area contributed by atoms with Gasteiger partial charge in [-0.15, -0.1) is 0 Å². The van der Waals surface area contributed by atoms with Crippen molar-refractivity contribution in [2.75, 3.05) is 36.5 Å². The third-order valence-electron chi connectivity index (χ3n) is 4.39. The SMILES string of the molecule is CC(C)(C)OC(=O)NCc1ccc(C(=O)Nc2ccc(N3CCOCC3)nc2)cc1. The summed E-state index contributed by atoms with van der Waals surface area (Å²) >= 11 is 0. The van der Waals surface area contributed by atoms with Gasteiger partial charge in [0, 0.05) is 25.2 Å². The van der Waals surface area contributed by atoms with Crippen LogP contribution in [0, 0.1) is 0 Å². The van der Waals surface area contributed by atoms with Gasteiger partial charge in [0.25, 0.3) is 5.91 Å². The Hall–Kier alpha value is -3.13. The number of alkyl carbamates (subject to hydrolysis) is 1. The van der Waals surface area contributed by atoms with E-state index in [0.717, 1.165) is 24.5 Å². The number of carbonyl (C=O) groups excluding carboxylic acids is 2. The molecule has 2 N–H and O–H groups in total. The average Bonchev–Trinajstić information content (AvgIpc) is 2.72. The van der Waals surface area contributed by atoms with Crippen LogP contribution in [-0.4, -0.2) is 48.9 Å². The van der Waals surface area contributed by atoms with Crippen molar-refractivity contribution in [2.45, 2.75) is 32.9 Å². The molecule has 0 atom stereocenters. The lowest BCUT2D eigenvalue weighted by atomic mass is 10.1. The second-order valence-corrected chi connectivity index (χ2v) is 8.01. The molecule has 1 aliphatic rings. The van der Waals surface area contributed by atoms with E-state index >= 15 is 0 Å². The van der Waals surface area contributed by atoms with Crippen molar-refractivity contribution in [1.82, 2.24) is 10.3 Å². The van der Waals surface area contributed by atoms with Crippen LogP contribution in [-0.2, 0) is 16.0 Å². The molecule has 0 aliphatic carbocycles. The van der Waals surface area contributed by atoms with E-state index in [0.29, 0.717) is 31.0 Å². The van der Waals surface area contributed by atoms with Crippen molar-refractivity contribution in [3.63, 3.8) is 0 Å². The predicted molar refractivity (Wildman–Crippen MR) is 115 cm³/mol. The number of benzene rings is 1. The number of hydrogen-bond acceptors (Lipinski definition) is 6. The quantitative estimate of drug-likeness (QED) is 0.784. The zero-order valence-electron chi connectivity index (χ0n) is 17.6. The molecule has 0 saturated carbocycles. The van der Waals surface area contributed by atoms with Crippen LogP contribution in [0.1, 0.15) is 36.7 Å². The number of morpholine rings is 1. The number of nitrogens with zero attached hydrogens (tertiary/aromatic N) is 2. The highest BCUT2D eigenvalue weighted by Gasteiger charge is 2.16. The van der Waals surface area contributed by atoms with Crippen molar-refractivity contribution in [1.29, 1.82) is 0 Å². The number of pyridine rings is 1. The van der Waals surface area contributed by atoms with Crippen LogP contribution in [0.2, 0.25) is 0 Å². The van der Waals surface area contributed by atoms with Gasteiger partial charge in [-0.3, -0.25) is 4.79 Å². The van der Waals surface area contributed by atoms with E-state index in [1.54, 1.807) is 30.5 Å². The number of aromatic nitrogens is 1. The van der Waals surface area contributed by atoms with Crippen molar-refractivity contribution < 1.29 is 19.1 Å². The maximum atomic E-state index is 12.5. The first-order chi connectivity index (χ1) is 14.3. The van der Waals surface area contributed by atoms with Crippen LogP contribution in [0.4, 0.5) is 16.3 Å². The molecule has 2 amide bonds. The Balaban J connectivity index is 1.51. The van der Waals surface area contributed by atoms with Gasteiger partial charge in [-0.2, -0.15) is 0 Å². The molecule has 0 spiro atoms. The summed E-state index contributed by atoms with van der Waals surface area (Å²) in [6.07, 6.45) is 1.18. The molecule has 8 nitrogen and oxygen atoms in total. The fraction of sp³-hybridized carbons (Fsp3) is 0.409. The monoisotopic (exact) mass is 412 g/mol. The van der Waals surface area contributed by atoms with Gasteiger partial charge < -0.3 is 25.0 Å². The van der Waals surface area contributed by atoms with Crippen LogP contribution in [0.5, 0.6) is 0 Å². The maximum Gasteiger partial charge on any atom is 0.407 e. The zero-order chi connectivity index (χ0) is 21.6. The third-order valence-corrected chi connectivity index (χ3v) is 4.39. The Morgan fingerprint density at radius 1 is 1.10 bits per heavy atom. The van der Waals surface area contributed by atoms with Gasteiger partial charge >= 0.3 is 6.09 Å².